The number of thiophene rings is 1. The van der Waals surface area contributed by atoms with Crippen molar-refractivity contribution in [2.75, 3.05) is 0 Å². The molecule has 10 heteroatoms. The minimum absolute atomic E-state index is 0.198. The highest BCUT2D eigenvalue weighted by Crippen LogP contribution is 2.25. The van der Waals surface area contributed by atoms with E-state index < -0.39 is 6.04 Å². The standard InChI is InChI=1S/C19H17FN6OS2/c1-12(26-17(23-24-19(26)28)16-3-2-8-29-16)18(27)22-10-13-4-5-15(14(20)9-13)25-7-6-21-11-25/h2-9,11-12H,10H2,1H3,(H,22,27)(H,24,28). The summed E-state index contributed by atoms with van der Waals surface area (Å²) >= 11 is 6.82. The van der Waals surface area contributed by atoms with E-state index in [1.807, 2.05) is 17.5 Å². The van der Waals surface area contributed by atoms with Gasteiger partial charge < -0.3 is 9.88 Å². The number of hydrogen-bond acceptors (Lipinski definition) is 5. The Morgan fingerprint density at radius 2 is 2.28 bits per heavy atom. The first-order chi connectivity index (χ1) is 14.0. The van der Waals surface area contributed by atoms with E-state index in [1.54, 1.807) is 40.6 Å². The number of H-pyrrole nitrogens is 1. The van der Waals surface area contributed by atoms with Gasteiger partial charge in [-0.2, -0.15) is 5.10 Å². The molecule has 0 aliphatic carbocycles. The number of carbonyl (C=O) groups excluding carboxylic acids is 1. The first kappa shape index (κ1) is 19.2. The van der Waals surface area contributed by atoms with E-state index in [4.69, 9.17) is 12.2 Å². The lowest BCUT2D eigenvalue weighted by molar-refractivity contribution is -0.124. The second kappa shape index (κ2) is 8.10. The Morgan fingerprint density at radius 1 is 1.41 bits per heavy atom. The number of halogens is 1. The molecule has 0 saturated heterocycles. The Balaban J connectivity index is 1.47. The smallest absolute Gasteiger partial charge is 0.243 e. The number of benzene rings is 1. The normalized spacial score (nSPS) is 12.1. The molecule has 0 bridgehead atoms. The van der Waals surface area contributed by atoms with Gasteiger partial charge in [0.25, 0.3) is 0 Å². The maximum Gasteiger partial charge on any atom is 0.243 e. The molecule has 4 aromatic rings. The zero-order valence-corrected chi connectivity index (χ0v) is 17.0. The van der Waals surface area contributed by atoms with Gasteiger partial charge in [-0.25, -0.2) is 9.37 Å². The zero-order valence-electron chi connectivity index (χ0n) is 15.4. The molecule has 148 valence electrons. The Hall–Kier alpha value is -3.11. The van der Waals surface area contributed by atoms with Gasteiger partial charge in [0, 0.05) is 18.9 Å². The van der Waals surface area contributed by atoms with Crippen LogP contribution in [0.5, 0.6) is 0 Å². The summed E-state index contributed by atoms with van der Waals surface area (Å²) in [4.78, 5) is 17.5. The molecular weight excluding hydrogens is 411 g/mol. The summed E-state index contributed by atoms with van der Waals surface area (Å²) in [5.41, 5.74) is 1.05. The number of nitrogens with one attached hydrogen (secondary N) is 2. The minimum atomic E-state index is -0.576. The number of rotatable bonds is 6. The van der Waals surface area contributed by atoms with Crippen LogP contribution in [0.1, 0.15) is 18.5 Å². The number of nitrogens with zero attached hydrogens (tertiary/aromatic N) is 4. The largest absolute Gasteiger partial charge is 0.350 e. The van der Waals surface area contributed by atoms with Crippen molar-refractivity contribution in [2.24, 2.45) is 0 Å². The van der Waals surface area contributed by atoms with E-state index in [2.05, 4.69) is 20.5 Å². The Morgan fingerprint density at radius 3 is 2.97 bits per heavy atom. The fourth-order valence-corrected chi connectivity index (χ4v) is 3.97. The number of hydrogen-bond donors (Lipinski definition) is 2. The molecule has 4 rings (SSSR count). The summed E-state index contributed by atoms with van der Waals surface area (Å²) in [5, 5.41) is 11.8. The van der Waals surface area contributed by atoms with Gasteiger partial charge in [-0.1, -0.05) is 12.1 Å². The Bertz CT molecular complexity index is 1180. The van der Waals surface area contributed by atoms with Crippen LogP contribution in [-0.2, 0) is 11.3 Å². The number of aromatic nitrogens is 5. The molecule has 3 aromatic heterocycles. The van der Waals surface area contributed by atoms with E-state index in [9.17, 15) is 9.18 Å². The monoisotopic (exact) mass is 428 g/mol. The second-order valence-corrected chi connectivity index (χ2v) is 7.68. The van der Waals surface area contributed by atoms with Gasteiger partial charge in [-0.15, -0.1) is 11.3 Å². The van der Waals surface area contributed by atoms with Crippen molar-refractivity contribution in [3.05, 3.63) is 70.6 Å². The first-order valence-corrected chi connectivity index (χ1v) is 10.1. The molecule has 0 radical (unpaired) electrons. The Kier molecular flexibility index (Phi) is 5.36. The highest BCUT2D eigenvalue weighted by molar-refractivity contribution is 7.71. The van der Waals surface area contributed by atoms with Crippen molar-refractivity contribution >= 4 is 29.5 Å². The fourth-order valence-electron chi connectivity index (χ4n) is 2.97. The van der Waals surface area contributed by atoms with Crippen LogP contribution in [0.3, 0.4) is 0 Å². The van der Waals surface area contributed by atoms with Crippen molar-refractivity contribution in [1.29, 1.82) is 0 Å². The maximum atomic E-state index is 14.4. The van der Waals surface area contributed by atoms with Crippen LogP contribution in [0.15, 0.2) is 54.4 Å². The predicted molar refractivity (Wildman–Crippen MR) is 111 cm³/mol. The van der Waals surface area contributed by atoms with Crippen LogP contribution in [0.4, 0.5) is 4.39 Å². The molecule has 1 aromatic carbocycles. The molecule has 0 aliphatic rings. The molecule has 0 fully saturated rings. The molecule has 1 amide bonds. The summed E-state index contributed by atoms with van der Waals surface area (Å²) in [7, 11) is 0. The van der Waals surface area contributed by atoms with Gasteiger partial charge >= 0.3 is 0 Å². The van der Waals surface area contributed by atoms with Crippen LogP contribution in [0, 0.1) is 10.6 Å². The third-order valence-electron chi connectivity index (χ3n) is 4.47. The average molecular weight is 429 g/mol. The summed E-state index contributed by atoms with van der Waals surface area (Å²) in [6.07, 6.45) is 4.78. The molecule has 1 atom stereocenters. The van der Waals surface area contributed by atoms with Crippen LogP contribution in [-0.4, -0.2) is 30.2 Å². The molecular formula is C19H17FN6OS2. The van der Waals surface area contributed by atoms with Crippen LogP contribution in [0.25, 0.3) is 16.4 Å². The van der Waals surface area contributed by atoms with Gasteiger partial charge in [0.1, 0.15) is 11.9 Å². The number of imidazole rings is 1. The first-order valence-electron chi connectivity index (χ1n) is 8.80. The van der Waals surface area contributed by atoms with Gasteiger partial charge in [-0.3, -0.25) is 14.5 Å². The molecule has 0 aliphatic heterocycles. The summed E-state index contributed by atoms with van der Waals surface area (Å²) in [6.45, 7) is 1.95. The highest BCUT2D eigenvalue weighted by atomic mass is 32.1. The molecule has 2 N–H and O–H groups in total. The highest BCUT2D eigenvalue weighted by Gasteiger charge is 2.21. The van der Waals surface area contributed by atoms with Crippen LogP contribution < -0.4 is 5.32 Å². The van der Waals surface area contributed by atoms with E-state index in [-0.39, 0.29) is 18.3 Å². The second-order valence-electron chi connectivity index (χ2n) is 6.35. The summed E-state index contributed by atoms with van der Waals surface area (Å²) < 4.78 is 18.0. The van der Waals surface area contributed by atoms with Crippen molar-refractivity contribution in [1.82, 2.24) is 29.6 Å². The quantitative estimate of drug-likeness (QED) is 0.457. The van der Waals surface area contributed by atoms with Gasteiger partial charge in [0.05, 0.1) is 16.9 Å². The van der Waals surface area contributed by atoms with E-state index in [0.29, 0.717) is 21.8 Å². The van der Waals surface area contributed by atoms with Crippen molar-refractivity contribution in [2.45, 2.75) is 19.5 Å². The van der Waals surface area contributed by atoms with E-state index in [1.165, 1.54) is 23.7 Å². The third kappa shape index (κ3) is 3.89. The molecule has 0 spiro atoms. The number of carbonyl (C=O) groups is 1. The predicted octanol–water partition coefficient (Wildman–Crippen LogP) is 3.87. The van der Waals surface area contributed by atoms with Crippen LogP contribution >= 0.6 is 23.6 Å². The Labute approximate surface area is 174 Å². The maximum absolute atomic E-state index is 14.4. The van der Waals surface area contributed by atoms with Crippen molar-refractivity contribution in [3.63, 3.8) is 0 Å². The average Bonchev–Trinajstić information content (AvgIpc) is 3.47. The lowest BCUT2D eigenvalue weighted by Crippen LogP contribution is -2.31. The molecule has 0 saturated carbocycles. The fraction of sp³-hybridized carbons (Fsp3) is 0.158. The number of aromatic amines is 1. The minimum Gasteiger partial charge on any atom is -0.350 e. The number of amides is 1. The van der Waals surface area contributed by atoms with Gasteiger partial charge in [0.15, 0.2) is 10.6 Å². The van der Waals surface area contributed by atoms with Gasteiger partial charge in [-0.05, 0) is 48.3 Å². The molecule has 7 nitrogen and oxygen atoms in total. The molecule has 1 unspecified atom stereocenters. The lowest BCUT2D eigenvalue weighted by atomic mass is 10.2. The van der Waals surface area contributed by atoms with Crippen molar-refractivity contribution < 1.29 is 9.18 Å². The molecule has 3 heterocycles. The van der Waals surface area contributed by atoms with Crippen LogP contribution in [0.2, 0.25) is 0 Å². The van der Waals surface area contributed by atoms with E-state index >= 15 is 0 Å². The third-order valence-corrected chi connectivity index (χ3v) is 5.63. The summed E-state index contributed by atoms with van der Waals surface area (Å²) in [6, 6.07) is 8.08. The SMILES string of the molecule is CC(C(=O)NCc1ccc(-n2ccnc2)c(F)c1)n1c(-c2cccs2)n[nH]c1=S. The van der Waals surface area contributed by atoms with E-state index in [0.717, 1.165) is 4.88 Å². The molecule has 29 heavy (non-hydrogen) atoms. The zero-order chi connectivity index (χ0) is 20.4. The lowest BCUT2D eigenvalue weighted by Gasteiger charge is -2.15. The van der Waals surface area contributed by atoms with Gasteiger partial charge in [0.2, 0.25) is 5.91 Å². The topological polar surface area (TPSA) is 80.5 Å². The van der Waals surface area contributed by atoms with Crippen molar-refractivity contribution in [3.8, 4) is 16.4 Å². The summed E-state index contributed by atoms with van der Waals surface area (Å²) in [5.74, 6) is -0.0115.